The molecule has 0 aromatic heterocycles. The van der Waals surface area contributed by atoms with Gasteiger partial charge in [-0.15, -0.1) is 0 Å². The lowest BCUT2D eigenvalue weighted by Crippen LogP contribution is -2.58. The maximum Gasteiger partial charge on any atom is 0.253 e. The Kier molecular flexibility index (Phi) is 3.72. The van der Waals surface area contributed by atoms with Crippen molar-refractivity contribution in [2.45, 2.75) is 38.6 Å². The Bertz CT molecular complexity index is 331. The number of carbonyl (C=O) groups excluding carboxylic acids is 1. The van der Waals surface area contributed by atoms with E-state index in [0.29, 0.717) is 6.42 Å². The summed E-state index contributed by atoms with van der Waals surface area (Å²) in [5.41, 5.74) is -0.736. The number of piperidine rings is 1. The lowest BCUT2D eigenvalue weighted by molar-refractivity contribution is -0.126. The van der Waals surface area contributed by atoms with Crippen molar-refractivity contribution in [2.75, 3.05) is 12.3 Å². The van der Waals surface area contributed by atoms with Crippen LogP contribution in [0.2, 0.25) is 0 Å². The summed E-state index contributed by atoms with van der Waals surface area (Å²) in [5, 5.41) is 3.07. The van der Waals surface area contributed by atoms with Crippen molar-refractivity contribution in [1.29, 1.82) is 0 Å². The topological polar surface area (TPSA) is 75.3 Å². The molecular weight excluding hydrogens is 216 g/mol. The average Bonchev–Trinajstić information content (AvgIpc) is 2.18. The zero-order valence-corrected chi connectivity index (χ0v) is 9.99. The molecule has 0 aliphatic carbocycles. The Balaban J connectivity index is 2.67. The molecule has 5 nitrogen and oxygen atoms in total. The lowest BCUT2D eigenvalue weighted by atomic mass is 9.90. The van der Waals surface area contributed by atoms with Crippen LogP contribution in [0, 0.1) is 0 Å². The highest BCUT2D eigenvalue weighted by molar-refractivity contribution is 7.90. The highest BCUT2D eigenvalue weighted by Gasteiger charge is 2.35. The summed E-state index contributed by atoms with van der Waals surface area (Å²) in [6, 6.07) is 0. The van der Waals surface area contributed by atoms with E-state index in [1.807, 2.05) is 0 Å². The summed E-state index contributed by atoms with van der Waals surface area (Å²) >= 11 is 0. The predicted molar refractivity (Wildman–Crippen MR) is 57.9 cm³/mol. The van der Waals surface area contributed by atoms with Crippen LogP contribution in [-0.2, 0) is 14.8 Å². The van der Waals surface area contributed by atoms with Gasteiger partial charge in [0.1, 0.15) is 0 Å². The zero-order valence-electron chi connectivity index (χ0n) is 9.17. The van der Waals surface area contributed by atoms with Gasteiger partial charge in [0.05, 0.1) is 11.3 Å². The molecule has 1 atom stereocenters. The number of nitrogens with one attached hydrogen (secondary N) is 2. The van der Waals surface area contributed by atoms with Crippen molar-refractivity contribution in [3.05, 3.63) is 0 Å². The van der Waals surface area contributed by atoms with Crippen LogP contribution in [0.25, 0.3) is 0 Å². The Morgan fingerprint density at radius 2 is 2.13 bits per heavy atom. The first-order chi connectivity index (χ1) is 6.90. The molecule has 1 rings (SSSR count). The predicted octanol–water partition coefficient (Wildman–Crippen LogP) is -0.0155. The monoisotopic (exact) mass is 234 g/mol. The van der Waals surface area contributed by atoms with Gasteiger partial charge in [-0.3, -0.25) is 9.52 Å². The molecule has 0 bridgehead atoms. The van der Waals surface area contributed by atoms with Crippen molar-refractivity contribution in [3.8, 4) is 0 Å². The number of hydrogen-bond donors (Lipinski definition) is 2. The van der Waals surface area contributed by atoms with E-state index in [1.165, 1.54) is 6.92 Å². The van der Waals surface area contributed by atoms with Crippen LogP contribution in [0.1, 0.15) is 33.1 Å². The SMILES string of the molecule is CCS(=O)(=O)NC(=O)C1(C)CCCCN1. The highest BCUT2D eigenvalue weighted by atomic mass is 32.2. The quantitative estimate of drug-likeness (QED) is 0.720. The smallest absolute Gasteiger partial charge is 0.253 e. The van der Waals surface area contributed by atoms with E-state index >= 15 is 0 Å². The molecule has 88 valence electrons. The number of rotatable bonds is 3. The van der Waals surface area contributed by atoms with E-state index in [-0.39, 0.29) is 5.75 Å². The molecule has 6 heteroatoms. The van der Waals surface area contributed by atoms with Gasteiger partial charge in [-0.25, -0.2) is 8.42 Å². The van der Waals surface area contributed by atoms with E-state index in [4.69, 9.17) is 0 Å². The highest BCUT2D eigenvalue weighted by Crippen LogP contribution is 2.18. The Hall–Kier alpha value is -0.620. The molecule has 0 spiro atoms. The van der Waals surface area contributed by atoms with Crippen LogP contribution in [0.4, 0.5) is 0 Å². The van der Waals surface area contributed by atoms with E-state index in [1.54, 1.807) is 6.92 Å². The Morgan fingerprint density at radius 3 is 2.60 bits per heavy atom. The normalized spacial score (nSPS) is 27.3. The van der Waals surface area contributed by atoms with Crippen molar-refractivity contribution in [1.82, 2.24) is 10.0 Å². The van der Waals surface area contributed by atoms with Gasteiger partial charge in [-0.05, 0) is 39.7 Å². The van der Waals surface area contributed by atoms with Crippen LogP contribution in [-0.4, -0.2) is 32.2 Å². The first-order valence-electron chi connectivity index (χ1n) is 5.19. The van der Waals surface area contributed by atoms with Gasteiger partial charge in [0.15, 0.2) is 0 Å². The van der Waals surface area contributed by atoms with Gasteiger partial charge in [0.25, 0.3) is 5.91 Å². The van der Waals surface area contributed by atoms with Crippen molar-refractivity contribution in [2.24, 2.45) is 0 Å². The third-order valence-corrected chi connectivity index (χ3v) is 4.00. The number of hydrogen-bond acceptors (Lipinski definition) is 4. The second kappa shape index (κ2) is 4.49. The number of carbonyl (C=O) groups is 1. The third kappa shape index (κ3) is 3.17. The third-order valence-electron chi connectivity index (χ3n) is 2.75. The van der Waals surface area contributed by atoms with Crippen LogP contribution < -0.4 is 10.0 Å². The lowest BCUT2D eigenvalue weighted by Gasteiger charge is -2.33. The summed E-state index contributed by atoms with van der Waals surface area (Å²) in [5.74, 6) is -0.515. The standard InChI is InChI=1S/C9H18N2O3S/c1-3-15(13,14)11-8(12)9(2)6-4-5-7-10-9/h10H,3-7H2,1-2H3,(H,11,12). The summed E-state index contributed by atoms with van der Waals surface area (Å²) in [4.78, 5) is 11.7. The number of amides is 1. The Morgan fingerprint density at radius 1 is 1.47 bits per heavy atom. The fourth-order valence-electron chi connectivity index (χ4n) is 1.58. The molecule has 2 N–H and O–H groups in total. The number of sulfonamides is 1. The molecule has 1 saturated heterocycles. The molecule has 0 radical (unpaired) electrons. The molecule has 0 aromatic carbocycles. The average molecular weight is 234 g/mol. The van der Waals surface area contributed by atoms with Gasteiger partial charge in [0, 0.05) is 0 Å². The minimum absolute atomic E-state index is 0.0746. The van der Waals surface area contributed by atoms with E-state index in [0.717, 1.165) is 19.4 Å². The molecule has 0 aromatic rings. The van der Waals surface area contributed by atoms with Gasteiger partial charge >= 0.3 is 0 Å². The van der Waals surface area contributed by atoms with Crippen LogP contribution in [0.3, 0.4) is 0 Å². The van der Waals surface area contributed by atoms with Crippen LogP contribution >= 0.6 is 0 Å². The molecule has 1 aliphatic heterocycles. The van der Waals surface area contributed by atoms with Crippen LogP contribution in [0.15, 0.2) is 0 Å². The fourth-order valence-corrected chi connectivity index (χ4v) is 2.23. The van der Waals surface area contributed by atoms with E-state index < -0.39 is 21.5 Å². The van der Waals surface area contributed by atoms with Gasteiger partial charge in [0.2, 0.25) is 10.0 Å². The molecule has 15 heavy (non-hydrogen) atoms. The molecule has 1 aliphatic rings. The summed E-state index contributed by atoms with van der Waals surface area (Å²) in [6.07, 6.45) is 2.66. The second-order valence-electron chi connectivity index (χ2n) is 4.05. The largest absolute Gasteiger partial charge is 0.304 e. The molecule has 1 amide bonds. The fraction of sp³-hybridized carbons (Fsp3) is 0.889. The van der Waals surface area contributed by atoms with Gasteiger partial charge in [-0.1, -0.05) is 0 Å². The first kappa shape index (κ1) is 12.4. The molecule has 0 saturated carbocycles. The molecule has 1 fully saturated rings. The molecule has 1 heterocycles. The second-order valence-corrected chi connectivity index (χ2v) is 6.06. The van der Waals surface area contributed by atoms with E-state index in [9.17, 15) is 13.2 Å². The molecule has 1 unspecified atom stereocenters. The summed E-state index contributed by atoms with van der Waals surface area (Å²) < 4.78 is 24.6. The van der Waals surface area contributed by atoms with Gasteiger partial charge in [-0.2, -0.15) is 0 Å². The Labute approximate surface area is 90.7 Å². The first-order valence-corrected chi connectivity index (χ1v) is 6.85. The zero-order chi connectivity index (χ0) is 11.5. The minimum Gasteiger partial charge on any atom is -0.304 e. The maximum atomic E-state index is 11.7. The van der Waals surface area contributed by atoms with Crippen molar-refractivity contribution >= 4 is 15.9 Å². The van der Waals surface area contributed by atoms with Crippen molar-refractivity contribution < 1.29 is 13.2 Å². The van der Waals surface area contributed by atoms with E-state index in [2.05, 4.69) is 10.0 Å². The van der Waals surface area contributed by atoms with Crippen LogP contribution in [0.5, 0.6) is 0 Å². The van der Waals surface area contributed by atoms with Gasteiger partial charge < -0.3 is 5.32 Å². The summed E-state index contributed by atoms with van der Waals surface area (Å²) in [7, 11) is -3.45. The van der Waals surface area contributed by atoms with Crippen molar-refractivity contribution in [3.63, 3.8) is 0 Å². The minimum atomic E-state index is -3.45. The molecular formula is C9H18N2O3S. The summed E-state index contributed by atoms with van der Waals surface area (Å²) in [6.45, 7) is 4.01. The maximum absolute atomic E-state index is 11.7.